The lowest BCUT2D eigenvalue weighted by Gasteiger charge is -2.16. The van der Waals surface area contributed by atoms with Crippen LogP contribution in [-0.2, 0) is 4.79 Å². The number of amides is 1. The fraction of sp³-hybridized carbons (Fsp3) is 0.462. The van der Waals surface area contributed by atoms with Crippen molar-refractivity contribution in [1.82, 2.24) is 10.6 Å². The van der Waals surface area contributed by atoms with E-state index in [1.807, 2.05) is 18.2 Å². The molecule has 0 aliphatic carbocycles. The van der Waals surface area contributed by atoms with E-state index < -0.39 is 0 Å². The molecule has 2 N–H and O–H groups in total. The van der Waals surface area contributed by atoms with Crippen molar-refractivity contribution in [3.8, 4) is 0 Å². The van der Waals surface area contributed by atoms with Gasteiger partial charge >= 0.3 is 0 Å². The van der Waals surface area contributed by atoms with Crippen molar-refractivity contribution in [1.29, 1.82) is 0 Å². The molecule has 3 nitrogen and oxygen atoms in total. The van der Waals surface area contributed by atoms with Gasteiger partial charge in [0.15, 0.2) is 0 Å². The maximum Gasteiger partial charge on any atom is 0.234 e. The Kier molecular flexibility index (Phi) is 6.74. The zero-order chi connectivity index (χ0) is 12.5. The second-order valence-corrected chi connectivity index (χ2v) is 4.92. The summed E-state index contributed by atoms with van der Waals surface area (Å²) in [6, 6.07) is 10.5. The molecule has 0 saturated heterocycles. The van der Waals surface area contributed by atoms with Crippen LogP contribution < -0.4 is 10.6 Å². The third kappa shape index (κ3) is 5.75. The van der Waals surface area contributed by atoms with Gasteiger partial charge in [0.25, 0.3) is 0 Å². The lowest BCUT2D eigenvalue weighted by Crippen LogP contribution is -2.40. The van der Waals surface area contributed by atoms with Gasteiger partial charge in [0.1, 0.15) is 0 Å². The summed E-state index contributed by atoms with van der Waals surface area (Å²) in [5, 5.41) is 5.87. The van der Waals surface area contributed by atoms with Gasteiger partial charge in [0.05, 0.1) is 6.54 Å². The summed E-state index contributed by atoms with van der Waals surface area (Å²) in [7, 11) is 1.78. The van der Waals surface area contributed by atoms with Crippen LogP contribution in [0.5, 0.6) is 0 Å². The monoisotopic (exact) mass is 252 g/mol. The van der Waals surface area contributed by atoms with Crippen molar-refractivity contribution in [2.24, 2.45) is 0 Å². The number of thioether (sulfide) groups is 1. The molecule has 1 atom stereocenters. The van der Waals surface area contributed by atoms with E-state index in [1.165, 1.54) is 4.90 Å². The zero-order valence-corrected chi connectivity index (χ0v) is 11.2. The van der Waals surface area contributed by atoms with Gasteiger partial charge in [-0.1, -0.05) is 25.1 Å². The van der Waals surface area contributed by atoms with Gasteiger partial charge in [-0.25, -0.2) is 0 Å². The highest BCUT2D eigenvalue weighted by atomic mass is 32.2. The number of rotatable bonds is 7. The van der Waals surface area contributed by atoms with Crippen LogP contribution in [0.2, 0.25) is 0 Å². The van der Waals surface area contributed by atoms with Gasteiger partial charge in [-0.15, -0.1) is 11.8 Å². The summed E-state index contributed by atoms with van der Waals surface area (Å²) < 4.78 is 0. The fourth-order valence-corrected chi connectivity index (χ4v) is 2.48. The summed E-state index contributed by atoms with van der Waals surface area (Å²) in [4.78, 5) is 12.7. The van der Waals surface area contributed by atoms with Crippen molar-refractivity contribution in [2.75, 3.05) is 19.3 Å². The molecule has 1 rings (SSSR count). The average molecular weight is 252 g/mol. The standard InChI is InChI=1S/C13H20N2OS/c1-3-11(15-13(16)9-14-2)10-17-12-7-5-4-6-8-12/h4-8,11,14H,3,9-10H2,1-2H3,(H,15,16). The lowest BCUT2D eigenvalue weighted by atomic mass is 10.2. The molecule has 1 aromatic rings. The maximum atomic E-state index is 11.4. The molecule has 0 aliphatic rings. The third-order valence-electron chi connectivity index (χ3n) is 2.39. The first-order valence-corrected chi connectivity index (χ1v) is 6.86. The highest BCUT2D eigenvalue weighted by Crippen LogP contribution is 2.18. The smallest absolute Gasteiger partial charge is 0.234 e. The normalized spacial score (nSPS) is 12.1. The zero-order valence-electron chi connectivity index (χ0n) is 10.4. The summed E-state index contributed by atoms with van der Waals surface area (Å²) in [5.41, 5.74) is 0. The number of hydrogen-bond donors (Lipinski definition) is 2. The Bertz CT molecular complexity index is 329. The molecule has 0 aromatic heterocycles. The predicted octanol–water partition coefficient (Wildman–Crippen LogP) is 1.89. The van der Waals surface area contributed by atoms with E-state index >= 15 is 0 Å². The molecule has 94 valence electrons. The minimum atomic E-state index is 0.0630. The van der Waals surface area contributed by atoms with Crippen molar-refractivity contribution in [3.05, 3.63) is 30.3 Å². The summed E-state index contributed by atoms with van der Waals surface area (Å²) >= 11 is 1.78. The molecule has 17 heavy (non-hydrogen) atoms. The number of carbonyl (C=O) groups excluding carboxylic acids is 1. The molecule has 1 unspecified atom stereocenters. The van der Waals surface area contributed by atoms with Gasteiger partial charge in [0.2, 0.25) is 5.91 Å². The topological polar surface area (TPSA) is 41.1 Å². The van der Waals surface area contributed by atoms with E-state index in [2.05, 4.69) is 29.7 Å². The summed E-state index contributed by atoms with van der Waals surface area (Å²) in [6.45, 7) is 2.47. The molecule has 0 fully saturated rings. The van der Waals surface area contributed by atoms with Crippen LogP contribution in [0.1, 0.15) is 13.3 Å². The molecule has 0 radical (unpaired) electrons. The van der Waals surface area contributed by atoms with Crippen LogP contribution in [0.15, 0.2) is 35.2 Å². The number of benzene rings is 1. The van der Waals surface area contributed by atoms with Crippen LogP contribution in [0.25, 0.3) is 0 Å². The second-order valence-electron chi connectivity index (χ2n) is 3.83. The Morgan fingerprint density at radius 3 is 2.65 bits per heavy atom. The first-order valence-electron chi connectivity index (χ1n) is 5.88. The third-order valence-corrected chi connectivity index (χ3v) is 3.56. The Morgan fingerprint density at radius 1 is 1.35 bits per heavy atom. The highest BCUT2D eigenvalue weighted by Gasteiger charge is 2.09. The summed E-state index contributed by atoms with van der Waals surface area (Å²) in [5.74, 6) is 0.976. The Balaban J connectivity index is 2.34. The quantitative estimate of drug-likeness (QED) is 0.728. The molecular formula is C13H20N2OS. The van der Waals surface area contributed by atoms with Gasteiger partial charge in [0, 0.05) is 16.7 Å². The number of nitrogens with one attached hydrogen (secondary N) is 2. The van der Waals surface area contributed by atoms with Crippen LogP contribution in [0.3, 0.4) is 0 Å². The Labute approximate surface area is 107 Å². The van der Waals surface area contributed by atoms with Crippen LogP contribution in [-0.4, -0.2) is 31.3 Å². The maximum absolute atomic E-state index is 11.4. The van der Waals surface area contributed by atoms with Gasteiger partial charge in [-0.2, -0.15) is 0 Å². The molecule has 0 saturated carbocycles. The van der Waals surface area contributed by atoms with Crippen LogP contribution in [0, 0.1) is 0 Å². The van der Waals surface area contributed by atoms with Crippen LogP contribution >= 0.6 is 11.8 Å². The average Bonchev–Trinajstić information content (AvgIpc) is 2.36. The number of carbonyl (C=O) groups is 1. The van der Waals surface area contributed by atoms with E-state index in [4.69, 9.17) is 0 Å². The van der Waals surface area contributed by atoms with E-state index in [9.17, 15) is 4.79 Å². The number of likely N-dealkylation sites (N-methyl/N-ethyl adjacent to an activating group) is 1. The van der Waals surface area contributed by atoms with Gasteiger partial charge < -0.3 is 10.6 Å². The highest BCUT2D eigenvalue weighted by molar-refractivity contribution is 7.99. The molecule has 1 amide bonds. The first-order chi connectivity index (χ1) is 8.26. The van der Waals surface area contributed by atoms with Gasteiger partial charge in [-0.05, 0) is 25.6 Å². The molecule has 0 aliphatic heterocycles. The minimum Gasteiger partial charge on any atom is -0.351 e. The molecule has 0 spiro atoms. The summed E-state index contributed by atoms with van der Waals surface area (Å²) in [6.07, 6.45) is 0.954. The minimum absolute atomic E-state index is 0.0630. The SMILES string of the molecule is CCC(CSc1ccccc1)NC(=O)CNC. The van der Waals surface area contributed by atoms with Crippen molar-refractivity contribution in [2.45, 2.75) is 24.3 Å². The second kappa shape index (κ2) is 8.14. The van der Waals surface area contributed by atoms with E-state index in [1.54, 1.807) is 18.8 Å². The number of hydrogen-bond acceptors (Lipinski definition) is 3. The molecule has 4 heteroatoms. The van der Waals surface area contributed by atoms with E-state index in [0.717, 1.165) is 12.2 Å². The largest absolute Gasteiger partial charge is 0.351 e. The van der Waals surface area contributed by atoms with Crippen molar-refractivity contribution < 1.29 is 4.79 Å². The van der Waals surface area contributed by atoms with E-state index in [0.29, 0.717) is 6.54 Å². The first kappa shape index (κ1) is 14.1. The van der Waals surface area contributed by atoms with Gasteiger partial charge in [-0.3, -0.25) is 4.79 Å². The fourth-order valence-electron chi connectivity index (χ4n) is 1.41. The van der Waals surface area contributed by atoms with Crippen molar-refractivity contribution in [3.63, 3.8) is 0 Å². The molecular weight excluding hydrogens is 232 g/mol. The molecule has 0 bridgehead atoms. The van der Waals surface area contributed by atoms with Crippen molar-refractivity contribution >= 4 is 17.7 Å². The Hall–Kier alpha value is -1.00. The molecule has 0 heterocycles. The molecule has 1 aromatic carbocycles. The van der Waals surface area contributed by atoms with E-state index in [-0.39, 0.29) is 11.9 Å². The van der Waals surface area contributed by atoms with Crippen LogP contribution in [0.4, 0.5) is 0 Å². The predicted molar refractivity (Wildman–Crippen MR) is 73.3 cm³/mol. The Morgan fingerprint density at radius 2 is 2.06 bits per heavy atom. The lowest BCUT2D eigenvalue weighted by molar-refractivity contribution is -0.120.